The van der Waals surface area contributed by atoms with Crippen LogP contribution in [0.5, 0.6) is 5.88 Å². The summed E-state index contributed by atoms with van der Waals surface area (Å²) in [5, 5.41) is 7.49. The number of nitrogens with zero attached hydrogens (tertiary/aromatic N) is 2. The first-order valence-corrected chi connectivity index (χ1v) is 5.17. The molecule has 14 heavy (non-hydrogen) atoms. The Kier molecular flexibility index (Phi) is 2.72. The molecule has 2 rings (SSSR count). The first kappa shape index (κ1) is 9.52. The van der Waals surface area contributed by atoms with Gasteiger partial charge in [-0.15, -0.1) is 0 Å². The van der Waals surface area contributed by atoms with E-state index in [4.69, 9.17) is 4.74 Å². The Hall–Kier alpha value is -1.03. The van der Waals surface area contributed by atoms with Crippen LogP contribution in [-0.4, -0.2) is 30.0 Å². The van der Waals surface area contributed by atoms with Gasteiger partial charge in [-0.25, -0.2) is 4.68 Å². The van der Waals surface area contributed by atoms with E-state index in [-0.39, 0.29) is 0 Å². The average molecular weight is 195 g/mol. The van der Waals surface area contributed by atoms with Crippen LogP contribution < -0.4 is 10.1 Å². The highest BCUT2D eigenvalue weighted by atomic mass is 16.5. The Labute approximate surface area is 84.3 Å². The summed E-state index contributed by atoms with van der Waals surface area (Å²) >= 11 is 0. The topological polar surface area (TPSA) is 39.1 Å². The molecule has 0 aliphatic carbocycles. The molecule has 78 valence electrons. The molecule has 0 amide bonds. The van der Waals surface area contributed by atoms with Gasteiger partial charge in [-0.3, -0.25) is 0 Å². The first-order valence-electron chi connectivity index (χ1n) is 5.17. The van der Waals surface area contributed by atoms with Gasteiger partial charge in [0.1, 0.15) is 0 Å². The molecule has 0 saturated heterocycles. The maximum absolute atomic E-state index is 5.71. The van der Waals surface area contributed by atoms with Gasteiger partial charge in [0.25, 0.3) is 0 Å². The molecule has 1 aromatic rings. The van der Waals surface area contributed by atoms with E-state index >= 15 is 0 Å². The lowest BCUT2D eigenvalue weighted by Crippen LogP contribution is -2.32. The zero-order valence-electron chi connectivity index (χ0n) is 8.79. The van der Waals surface area contributed by atoms with Gasteiger partial charge in [0.2, 0.25) is 5.88 Å². The lowest BCUT2D eigenvalue weighted by atomic mass is 10.1. The minimum atomic E-state index is 0.539. The molecule has 0 bridgehead atoms. The Bertz CT molecular complexity index is 308. The highest BCUT2D eigenvalue weighted by Gasteiger charge is 2.21. The van der Waals surface area contributed by atoms with Gasteiger partial charge in [0.15, 0.2) is 0 Å². The molecular formula is C10H17N3O. The molecule has 2 heterocycles. The molecule has 0 spiro atoms. The number of hydrogen-bond acceptors (Lipinski definition) is 3. The summed E-state index contributed by atoms with van der Waals surface area (Å²) in [6, 6.07) is 0. The van der Waals surface area contributed by atoms with Crippen LogP contribution in [0.15, 0.2) is 6.20 Å². The molecule has 1 aliphatic rings. The summed E-state index contributed by atoms with van der Waals surface area (Å²) in [6.07, 6.45) is 2.91. The molecule has 1 atom stereocenters. The second-order valence-electron chi connectivity index (χ2n) is 3.75. The summed E-state index contributed by atoms with van der Waals surface area (Å²) in [5.74, 6) is 1.51. The van der Waals surface area contributed by atoms with Crippen molar-refractivity contribution in [2.45, 2.75) is 19.9 Å². The average Bonchev–Trinajstić information content (AvgIpc) is 2.60. The molecule has 1 aliphatic heterocycles. The Morgan fingerprint density at radius 1 is 1.71 bits per heavy atom. The maximum Gasteiger partial charge on any atom is 0.215 e. The second-order valence-corrected chi connectivity index (χ2v) is 3.75. The van der Waals surface area contributed by atoms with Crippen LogP contribution in [0.25, 0.3) is 0 Å². The number of rotatable bonds is 3. The third kappa shape index (κ3) is 1.62. The second kappa shape index (κ2) is 4.00. The van der Waals surface area contributed by atoms with Crippen molar-refractivity contribution in [2.75, 3.05) is 20.2 Å². The van der Waals surface area contributed by atoms with Gasteiger partial charge in [-0.2, -0.15) is 5.10 Å². The van der Waals surface area contributed by atoms with Crippen molar-refractivity contribution < 1.29 is 4.74 Å². The number of aryl methyl sites for hydroxylation is 1. The summed E-state index contributed by atoms with van der Waals surface area (Å²) in [6.45, 7) is 4.89. The normalized spacial score (nSPS) is 20.3. The molecule has 1 N–H and O–H groups in total. The highest BCUT2D eigenvalue weighted by molar-refractivity contribution is 5.25. The lowest BCUT2D eigenvalue weighted by Gasteiger charge is -2.24. The van der Waals surface area contributed by atoms with Gasteiger partial charge in [0.05, 0.1) is 19.3 Å². The summed E-state index contributed by atoms with van der Waals surface area (Å²) < 4.78 is 7.69. The van der Waals surface area contributed by atoms with Crippen molar-refractivity contribution >= 4 is 0 Å². The fourth-order valence-corrected chi connectivity index (χ4v) is 1.86. The SMILES string of the molecule is CCc1cnn2c1OCC(CNC)C2. The van der Waals surface area contributed by atoms with E-state index in [9.17, 15) is 0 Å². The smallest absolute Gasteiger partial charge is 0.215 e. The van der Waals surface area contributed by atoms with Gasteiger partial charge in [-0.05, 0) is 13.5 Å². The Balaban J connectivity index is 2.12. The molecule has 1 unspecified atom stereocenters. The van der Waals surface area contributed by atoms with Gasteiger partial charge in [-0.1, -0.05) is 6.92 Å². The molecule has 0 fully saturated rings. The third-order valence-electron chi connectivity index (χ3n) is 2.62. The van der Waals surface area contributed by atoms with E-state index in [0.717, 1.165) is 32.0 Å². The summed E-state index contributed by atoms with van der Waals surface area (Å²) in [5.41, 5.74) is 1.22. The van der Waals surface area contributed by atoms with Crippen LogP contribution in [0.2, 0.25) is 0 Å². The minimum absolute atomic E-state index is 0.539. The lowest BCUT2D eigenvalue weighted by molar-refractivity contribution is 0.162. The summed E-state index contributed by atoms with van der Waals surface area (Å²) in [7, 11) is 1.97. The maximum atomic E-state index is 5.71. The fourth-order valence-electron chi connectivity index (χ4n) is 1.86. The molecule has 4 nitrogen and oxygen atoms in total. The molecule has 0 saturated carbocycles. The standard InChI is InChI=1S/C10H17N3O/c1-3-9-5-12-13-6-8(4-11-2)7-14-10(9)13/h5,8,11H,3-4,6-7H2,1-2H3. The van der Waals surface area contributed by atoms with Crippen molar-refractivity contribution in [1.82, 2.24) is 15.1 Å². The van der Waals surface area contributed by atoms with Gasteiger partial charge in [0, 0.05) is 18.0 Å². The largest absolute Gasteiger partial charge is 0.477 e. The zero-order chi connectivity index (χ0) is 9.97. The van der Waals surface area contributed by atoms with Crippen LogP contribution in [-0.2, 0) is 13.0 Å². The summed E-state index contributed by atoms with van der Waals surface area (Å²) in [4.78, 5) is 0. The van der Waals surface area contributed by atoms with Crippen LogP contribution in [0.4, 0.5) is 0 Å². The van der Waals surface area contributed by atoms with Crippen molar-refractivity contribution in [3.8, 4) is 5.88 Å². The Morgan fingerprint density at radius 3 is 3.29 bits per heavy atom. The molecular weight excluding hydrogens is 178 g/mol. The van der Waals surface area contributed by atoms with Crippen molar-refractivity contribution in [3.05, 3.63) is 11.8 Å². The highest BCUT2D eigenvalue weighted by Crippen LogP contribution is 2.24. The molecule has 4 heteroatoms. The van der Waals surface area contributed by atoms with Crippen LogP contribution >= 0.6 is 0 Å². The van der Waals surface area contributed by atoms with Gasteiger partial charge >= 0.3 is 0 Å². The van der Waals surface area contributed by atoms with Crippen LogP contribution in [0.3, 0.4) is 0 Å². The van der Waals surface area contributed by atoms with Crippen molar-refractivity contribution in [2.24, 2.45) is 5.92 Å². The number of aromatic nitrogens is 2. The fraction of sp³-hybridized carbons (Fsp3) is 0.700. The van der Waals surface area contributed by atoms with Gasteiger partial charge < -0.3 is 10.1 Å². The number of ether oxygens (including phenoxy) is 1. The van der Waals surface area contributed by atoms with E-state index in [2.05, 4.69) is 17.3 Å². The number of nitrogens with one attached hydrogen (secondary N) is 1. The molecule has 0 aromatic carbocycles. The van der Waals surface area contributed by atoms with E-state index in [1.54, 1.807) is 0 Å². The number of fused-ring (bicyclic) bond motifs is 1. The van der Waals surface area contributed by atoms with E-state index < -0.39 is 0 Å². The molecule has 1 aromatic heterocycles. The van der Waals surface area contributed by atoms with Crippen molar-refractivity contribution in [3.63, 3.8) is 0 Å². The van der Waals surface area contributed by atoms with E-state index in [1.165, 1.54) is 5.56 Å². The number of hydrogen-bond donors (Lipinski definition) is 1. The Morgan fingerprint density at radius 2 is 2.57 bits per heavy atom. The predicted molar refractivity (Wildman–Crippen MR) is 54.5 cm³/mol. The first-order chi connectivity index (χ1) is 6.85. The predicted octanol–water partition coefficient (Wildman–Crippen LogP) is 0.673. The van der Waals surface area contributed by atoms with E-state index in [0.29, 0.717) is 5.92 Å². The monoisotopic (exact) mass is 195 g/mol. The van der Waals surface area contributed by atoms with Crippen LogP contribution in [0, 0.1) is 5.92 Å². The quantitative estimate of drug-likeness (QED) is 0.770. The zero-order valence-corrected chi connectivity index (χ0v) is 8.79. The van der Waals surface area contributed by atoms with Crippen molar-refractivity contribution in [1.29, 1.82) is 0 Å². The van der Waals surface area contributed by atoms with E-state index in [1.807, 2.05) is 17.9 Å². The third-order valence-corrected chi connectivity index (χ3v) is 2.62. The minimum Gasteiger partial charge on any atom is -0.477 e. The molecule has 0 radical (unpaired) electrons. The van der Waals surface area contributed by atoms with Crippen LogP contribution in [0.1, 0.15) is 12.5 Å².